The number of thiazole rings is 2. The molecule has 2 fully saturated rings. The van der Waals surface area contributed by atoms with Crippen LogP contribution in [-0.4, -0.2) is 57.8 Å². The van der Waals surface area contributed by atoms with Crippen LogP contribution in [0.5, 0.6) is 0 Å². The summed E-state index contributed by atoms with van der Waals surface area (Å²) in [6.45, 7) is 3.76. The molecule has 4 N–H and O–H groups in total. The Hall–Kier alpha value is -3.98. The summed E-state index contributed by atoms with van der Waals surface area (Å²) in [5.74, 6) is -2.05. The van der Waals surface area contributed by atoms with Crippen molar-refractivity contribution in [3.05, 3.63) is 80.2 Å². The number of nitrogens with zero attached hydrogens (tertiary/aromatic N) is 2. The standard InChI is InChI=1S/2C15H13ClFN3O2S/c2*1-7-2-11(13(21)19-7)20-14(22)12-6-18-15(23-12)8-3-9(16)5-10(17)4-8/h2*3-7,11H,2H2,1H3,(H,19,21)(H,20,22)/t7-,11+;7-,11-/m00/s1. The van der Waals surface area contributed by atoms with Gasteiger partial charge in [-0.1, -0.05) is 23.2 Å². The highest BCUT2D eigenvalue weighted by Gasteiger charge is 2.32. The van der Waals surface area contributed by atoms with Gasteiger partial charge in [-0.3, -0.25) is 19.2 Å². The van der Waals surface area contributed by atoms with Crippen molar-refractivity contribution in [2.24, 2.45) is 0 Å². The molecule has 2 aliphatic rings. The number of amides is 4. The number of aromatic nitrogens is 2. The summed E-state index contributed by atoms with van der Waals surface area (Å²) < 4.78 is 26.8. The predicted molar refractivity (Wildman–Crippen MR) is 172 cm³/mol. The van der Waals surface area contributed by atoms with Gasteiger partial charge in [0.25, 0.3) is 11.8 Å². The van der Waals surface area contributed by atoms with E-state index in [1.54, 1.807) is 12.1 Å². The highest BCUT2D eigenvalue weighted by molar-refractivity contribution is 7.17. The molecule has 2 aromatic heterocycles. The topological polar surface area (TPSA) is 142 Å². The minimum Gasteiger partial charge on any atom is -0.352 e. The van der Waals surface area contributed by atoms with Crippen molar-refractivity contribution in [1.82, 2.24) is 31.2 Å². The summed E-state index contributed by atoms with van der Waals surface area (Å²) in [4.78, 5) is 56.7. The number of rotatable bonds is 6. The molecule has 0 unspecified atom stereocenters. The first-order valence-electron chi connectivity index (χ1n) is 13.9. The fourth-order valence-electron chi connectivity index (χ4n) is 4.81. The molecule has 0 radical (unpaired) electrons. The summed E-state index contributed by atoms with van der Waals surface area (Å²) in [5, 5.41) is 12.4. The normalized spacial score (nSPS) is 20.4. The molecule has 4 amide bonds. The van der Waals surface area contributed by atoms with Crippen LogP contribution in [0, 0.1) is 11.6 Å². The molecular weight excluding hydrogens is 681 g/mol. The molecule has 6 rings (SSSR count). The lowest BCUT2D eigenvalue weighted by atomic mass is 10.2. The molecule has 2 saturated heterocycles. The average Bonchev–Trinajstić information content (AvgIpc) is 3.76. The molecule has 0 saturated carbocycles. The van der Waals surface area contributed by atoms with E-state index in [1.165, 1.54) is 36.7 Å². The van der Waals surface area contributed by atoms with Crippen molar-refractivity contribution in [2.75, 3.05) is 0 Å². The van der Waals surface area contributed by atoms with Crippen LogP contribution >= 0.6 is 45.9 Å². The molecule has 0 aliphatic carbocycles. The second-order valence-electron chi connectivity index (χ2n) is 10.7. The van der Waals surface area contributed by atoms with Crippen LogP contribution in [0.25, 0.3) is 21.1 Å². The maximum atomic E-state index is 13.4. The smallest absolute Gasteiger partial charge is 0.263 e. The number of hydrogen-bond donors (Lipinski definition) is 4. The number of benzene rings is 2. The van der Waals surface area contributed by atoms with E-state index in [1.807, 2.05) is 13.8 Å². The zero-order chi connectivity index (χ0) is 33.1. The summed E-state index contributed by atoms with van der Waals surface area (Å²) in [6, 6.07) is 7.18. The van der Waals surface area contributed by atoms with Crippen LogP contribution in [0.4, 0.5) is 8.78 Å². The summed E-state index contributed by atoms with van der Waals surface area (Å²) >= 11 is 13.9. The second kappa shape index (κ2) is 14.2. The van der Waals surface area contributed by atoms with E-state index < -0.39 is 23.7 Å². The third-order valence-corrected chi connectivity index (χ3v) is 9.40. The minimum atomic E-state index is -0.535. The van der Waals surface area contributed by atoms with Crippen LogP contribution < -0.4 is 21.3 Å². The third-order valence-electron chi connectivity index (χ3n) is 6.88. The Labute approximate surface area is 279 Å². The lowest BCUT2D eigenvalue weighted by molar-refractivity contribution is -0.121. The highest BCUT2D eigenvalue weighted by Crippen LogP contribution is 2.30. The van der Waals surface area contributed by atoms with Crippen LogP contribution in [0.3, 0.4) is 0 Å². The average molecular weight is 708 g/mol. The fourth-order valence-corrected chi connectivity index (χ4v) is 6.87. The number of halogens is 4. The van der Waals surface area contributed by atoms with E-state index in [9.17, 15) is 28.0 Å². The lowest BCUT2D eigenvalue weighted by Gasteiger charge is -2.08. The van der Waals surface area contributed by atoms with Crippen LogP contribution in [-0.2, 0) is 9.59 Å². The Balaban J connectivity index is 0.000000181. The van der Waals surface area contributed by atoms with Gasteiger partial charge in [0, 0.05) is 33.3 Å². The molecule has 2 aliphatic heterocycles. The number of nitrogens with one attached hydrogen (secondary N) is 4. The maximum Gasteiger partial charge on any atom is 0.263 e. The maximum absolute atomic E-state index is 13.4. The van der Waals surface area contributed by atoms with Crippen LogP contribution in [0.2, 0.25) is 10.0 Å². The van der Waals surface area contributed by atoms with Gasteiger partial charge in [0.05, 0.1) is 12.4 Å². The Bertz CT molecular complexity index is 1650. The van der Waals surface area contributed by atoms with E-state index in [0.29, 0.717) is 43.7 Å². The van der Waals surface area contributed by atoms with Gasteiger partial charge in [-0.05, 0) is 63.1 Å². The Morgan fingerprint density at radius 3 is 1.46 bits per heavy atom. The minimum absolute atomic E-state index is 0.0410. The summed E-state index contributed by atoms with van der Waals surface area (Å²) in [7, 11) is 0. The Morgan fingerprint density at radius 1 is 0.739 bits per heavy atom. The van der Waals surface area contributed by atoms with Gasteiger partial charge in [0.2, 0.25) is 11.8 Å². The van der Waals surface area contributed by atoms with Gasteiger partial charge >= 0.3 is 0 Å². The van der Waals surface area contributed by atoms with Crippen LogP contribution in [0.1, 0.15) is 46.0 Å². The Morgan fingerprint density at radius 2 is 1.13 bits per heavy atom. The molecule has 0 spiro atoms. The molecule has 2 aromatic carbocycles. The largest absolute Gasteiger partial charge is 0.352 e. The van der Waals surface area contributed by atoms with E-state index in [-0.39, 0.29) is 45.8 Å². The van der Waals surface area contributed by atoms with Crippen molar-refractivity contribution in [2.45, 2.75) is 50.9 Å². The number of carbonyl (C=O) groups is 4. The van der Waals surface area contributed by atoms with Crippen molar-refractivity contribution in [3.8, 4) is 21.1 Å². The number of carbonyl (C=O) groups excluding carboxylic acids is 4. The molecule has 0 bridgehead atoms. The first-order valence-corrected chi connectivity index (χ1v) is 16.3. The molecule has 240 valence electrons. The zero-order valence-corrected chi connectivity index (χ0v) is 27.3. The van der Waals surface area contributed by atoms with Gasteiger partial charge in [0.15, 0.2) is 0 Å². The molecule has 10 nitrogen and oxygen atoms in total. The molecule has 4 atom stereocenters. The van der Waals surface area contributed by atoms with Crippen molar-refractivity contribution >= 4 is 69.5 Å². The van der Waals surface area contributed by atoms with E-state index >= 15 is 0 Å². The van der Waals surface area contributed by atoms with Crippen molar-refractivity contribution in [1.29, 1.82) is 0 Å². The Kier molecular flexibility index (Phi) is 10.3. The fraction of sp³-hybridized carbons (Fsp3) is 0.267. The van der Waals surface area contributed by atoms with Gasteiger partial charge in [-0.2, -0.15) is 0 Å². The summed E-state index contributed by atoms with van der Waals surface area (Å²) in [6.07, 6.45) is 3.92. The molecular formula is C30H26Cl2F2N6O4S2. The SMILES string of the molecule is C[C@H]1C[C@@H](NC(=O)c2cnc(-c3cc(F)cc(Cl)c3)s2)C(=O)N1.C[C@H]1C[C@H](NC(=O)c2cnc(-c3cc(F)cc(Cl)c3)s2)C(=O)N1. The predicted octanol–water partition coefficient (Wildman–Crippen LogP) is 5.22. The second-order valence-corrected chi connectivity index (χ2v) is 13.7. The molecule has 46 heavy (non-hydrogen) atoms. The van der Waals surface area contributed by atoms with Crippen LogP contribution in [0.15, 0.2) is 48.8 Å². The van der Waals surface area contributed by atoms with Gasteiger partial charge < -0.3 is 21.3 Å². The third kappa shape index (κ3) is 8.23. The first-order chi connectivity index (χ1) is 21.8. The summed E-state index contributed by atoms with van der Waals surface area (Å²) in [5.41, 5.74) is 1.01. The van der Waals surface area contributed by atoms with E-state index in [0.717, 1.165) is 22.7 Å². The van der Waals surface area contributed by atoms with E-state index in [2.05, 4.69) is 31.2 Å². The quantitative estimate of drug-likeness (QED) is 0.217. The zero-order valence-electron chi connectivity index (χ0n) is 24.2. The monoisotopic (exact) mass is 706 g/mol. The lowest BCUT2D eigenvalue weighted by Crippen LogP contribution is -2.39. The molecule has 16 heteroatoms. The number of hydrogen-bond acceptors (Lipinski definition) is 8. The van der Waals surface area contributed by atoms with Crippen molar-refractivity contribution in [3.63, 3.8) is 0 Å². The molecule has 4 aromatic rings. The van der Waals surface area contributed by atoms with Gasteiger partial charge in [-0.15, -0.1) is 22.7 Å². The van der Waals surface area contributed by atoms with Gasteiger partial charge in [-0.25, -0.2) is 18.7 Å². The van der Waals surface area contributed by atoms with E-state index in [4.69, 9.17) is 23.2 Å². The van der Waals surface area contributed by atoms with Gasteiger partial charge in [0.1, 0.15) is 43.5 Å². The highest BCUT2D eigenvalue weighted by atomic mass is 35.5. The van der Waals surface area contributed by atoms with Crippen molar-refractivity contribution < 1.29 is 28.0 Å². The first kappa shape index (κ1) is 33.4. The molecule has 4 heterocycles.